The van der Waals surface area contributed by atoms with Crippen LogP contribution in [-0.2, 0) is 12.8 Å². The normalized spacial score (nSPS) is 13.0. The van der Waals surface area contributed by atoms with Gasteiger partial charge in [-0.1, -0.05) is 54.4 Å². The lowest BCUT2D eigenvalue weighted by Gasteiger charge is -2.10. The van der Waals surface area contributed by atoms with Crippen LogP contribution in [0.3, 0.4) is 0 Å². The minimum atomic E-state index is 0.553. The van der Waals surface area contributed by atoms with Crippen molar-refractivity contribution in [1.82, 2.24) is 9.78 Å². The number of benzene rings is 2. The Labute approximate surface area is 151 Å². The fourth-order valence-corrected chi connectivity index (χ4v) is 3.54. The Morgan fingerprint density at radius 2 is 1.96 bits per heavy atom. The van der Waals surface area contributed by atoms with Gasteiger partial charge in [0.1, 0.15) is 5.82 Å². The highest BCUT2D eigenvalue weighted by atomic mass is 35.5. The van der Waals surface area contributed by atoms with Gasteiger partial charge in [0.2, 0.25) is 0 Å². The summed E-state index contributed by atoms with van der Waals surface area (Å²) in [4.78, 5) is 0. The Hall–Kier alpha value is -1.97. The molecule has 0 bridgehead atoms. The van der Waals surface area contributed by atoms with E-state index in [1.807, 2.05) is 22.9 Å². The molecule has 1 aromatic heterocycles. The molecule has 122 valence electrons. The number of anilines is 1. The number of aromatic nitrogens is 2. The molecule has 1 aliphatic heterocycles. The van der Waals surface area contributed by atoms with Crippen LogP contribution in [0.2, 0.25) is 10.0 Å². The Kier molecular flexibility index (Phi) is 3.99. The van der Waals surface area contributed by atoms with E-state index in [-0.39, 0.29) is 0 Å². The Balaban J connectivity index is 1.91. The summed E-state index contributed by atoms with van der Waals surface area (Å²) in [6.07, 6.45) is 1.92. The Morgan fingerprint density at radius 1 is 1.12 bits per heavy atom. The molecule has 4 rings (SSSR count). The monoisotopic (exact) mass is 357 g/mol. The van der Waals surface area contributed by atoms with Gasteiger partial charge >= 0.3 is 0 Å². The number of para-hydroxylation sites is 1. The van der Waals surface area contributed by atoms with Gasteiger partial charge in [0, 0.05) is 17.7 Å². The van der Waals surface area contributed by atoms with Gasteiger partial charge in [0.25, 0.3) is 0 Å². The fraction of sp³-hybridized carbons (Fsp3) is 0.211. The summed E-state index contributed by atoms with van der Waals surface area (Å²) < 4.78 is 2.03. The zero-order valence-electron chi connectivity index (χ0n) is 13.3. The van der Waals surface area contributed by atoms with E-state index in [1.54, 1.807) is 0 Å². The molecule has 0 saturated carbocycles. The van der Waals surface area contributed by atoms with Gasteiger partial charge in [-0.05, 0) is 36.6 Å². The maximum atomic E-state index is 6.20. The number of nitrogens with zero attached hydrogens (tertiary/aromatic N) is 2. The predicted octanol–water partition coefficient (Wildman–Crippen LogP) is 5.38. The number of halogens is 2. The predicted molar refractivity (Wildman–Crippen MR) is 101 cm³/mol. The van der Waals surface area contributed by atoms with E-state index in [4.69, 9.17) is 28.3 Å². The van der Waals surface area contributed by atoms with E-state index in [2.05, 4.69) is 36.5 Å². The molecular formula is C19H17Cl2N3. The molecule has 1 aliphatic rings. The quantitative estimate of drug-likeness (QED) is 0.682. The van der Waals surface area contributed by atoms with Gasteiger partial charge in [-0.15, -0.1) is 0 Å². The number of hydrogen-bond acceptors (Lipinski definition) is 2. The smallest absolute Gasteiger partial charge is 0.133 e. The summed E-state index contributed by atoms with van der Waals surface area (Å²) in [5.41, 5.74) is 5.60. The molecule has 1 N–H and O–H groups in total. The number of aryl methyl sites for hydroxylation is 1. The van der Waals surface area contributed by atoms with Crippen LogP contribution in [0.25, 0.3) is 16.9 Å². The van der Waals surface area contributed by atoms with Crippen molar-refractivity contribution in [2.45, 2.75) is 19.8 Å². The van der Waals surface area contributed by atoms with E-state index in [1.165, 1.54) is 11.1 Å². The van der Waals surface area contributed by atoms with Gasteiger partial charge in [-0.25, -0.2) is 4.68 Å². The molecule has 0 amide bonds. The lowest BCUT2D eigenvalue weighted by molar-refractivity contribution is 0.866. The lowest BCUT2D eigenvalue weighted by atomic mass is 10.1. The summed E-state index contributed by atoms with van der Waals surface area (Å²) in [6, 6.07) is 14.1. The van der Waals surface area contributed by atoms with Crippen LogP contribution in [0.1, 0.15) is 18.1 Å². The van der Waals surface area contributed by atoms with Crippen molar-refractivity contribution >= 4 is 29.0 Å². The second-order valence-electron chi connectivity index (χ2n) is 5.88. The first kappa shape index (κ1) is 15.6. The number of nitrogens with one attached hydrogen (secondary N) is 1. The molecule has 0 saturated heterocycles. The number of hydrogen-bond donors (Lipinski definition) is 1. The van der Waals surface area contributed by atoms with Gasteiger partial charge in [0.15, 0.2) is 0 Å². The van der Waals surface area contributed by atoms with Crippen LogP contribution in [0.5, 0.6) is 0 Å². The summed E-state index contributed by atoms with van der Waals surface area (Å²) in [6.45, 7) is 3.09. The second kappa shape index (κ2) is 6.15. The van der Waals surface area contributed by atoms with E-state index in [0.717, 1.165) is 42.1 Å². The van der Waals surface area contributed by atoms with Gasteiger partial charge in [-0.2, -0.15) is 5.10 Å². The van der Waals surface area contributed by atoms with Crippen molar-refractivity contribution in [3.05, 3.63) is 63.6 Å². The first-order chi connectivity index (χ1) is 11.7. The topological polar surface area (TPSA) is 29.9 Å². The number of rotatable bonds is 3. The van der Waals surface area contributed by atoms with Crippen LogP contribution in [0, 0.1) is 0 Å². The van der Waals surface area contributed by atoms with Crippen LogP contribution in [-0.4, -0.2) is 16.3 Å². The Bertz CT molecular complexity index is 915. The molecule has 0 unspecified atom stereocenters. The molecule has 0 atom stereocenters. The first-order valence-corrected chi connectivity index (χ1v) is 8.84. The zero-order valence-corrected chi connectivity index (χ0v) is 14.8. The van der Waals surface area contributed by atoms with Gasteiger partial charge in [0.05, 0.1) is 21.4 Å². The number of fused-ring (bicyclic) bond motifs is 1. The van der Waals surface area contributed by atoms with Crippen LogP contribution in [0.15, 0.2) is 42.5 Å². The van der Waals surface area contributed by atoms with Crippen LogP contribution >= 0.6 is 23.2 Å². The standard InChI is InChI=1S/C19H17Cl2N3/c1-2-12-5-3-4-6-17(12)24-19-14(9-10-22-19)18(23-24)13-7-8-15(20)16(21)11-13/h3-8,11,22H,2,9-10H2,1H3. The molecule has 0 spiro atoms. The van der Waals surface area contributed by atoms with E-state index >= 15 is 0 Å². The van der Waals surface area contributed by atoms with Crippen molar-refractivity contribution < 1.29 is 0 Å². The molecule has 24 heavy (non-hydrogen) atoms. The van der Waals surface area contributed by atoms with Crippen molar-refractivity contribution in [3.8, 4) is 16.9 Å². The highest BCUT2D eigenvalue weighted by Crippen LogP contribution is 2.37. The van der Waals surface area contributed by atoms with E-state index < -0.39 is 0 Å². The zero-order chi connectivity index (χ0) is 16.7. The molecule has 2 aromatic carbocycles. The third-order valence-corrected chi connectivity index (χ3v) is 5.18. The highest BCUT2D eigenvalue weighted by molar-refractivity contribution is 6.42. The van der Waals surface area contributed by atoms with Gasteiger partial charge < -0.3 is 5.32 Å². The summed E-state index contributed by atoms with van der Waals surface area (Å²) in [5.74, 6) is 1.08. The third-order valence-electron chi connectivity index (χ3n) is 4.44. The first-order valence-electron chi connectivity index (χ1n) is 8.08. The maximum Gasteiger partial charge on any atom is 0.133 e. The second-order valence-corrected chi connectivity index (χ2v) is 6.69. The molecule has 0 fully saturated rings. The Morgan fingerprint density at radius 3 is 2.75 bits per heavy atom. The lowest BCUT2D eigenvalue weighted by Crippen LogP contribution is -2.06. The average Bonchev–Trinajstić information content (AvgIpc) is 3.20. The van der Waals surface area contributed by atoms with Gasteiger partial charge in [-0.3, -0.25) is 0 Å². The molecule has 2 heterocycles. The minimum absolute atomic E-state index is 0.553. The van der Waals surface area contributed by atoms with Crippen molar-refractivity contribution in [1.29, 1.82) is 0 Å². The third kappa shape index (κ3) is 2.48. The minimum Gasteiger partial charge on any atom is -0.369 e. The molecule has 3 nitrogen and oxygen atoms in total. The SMILES string of the molecule is CCc1ccccc1-n1nc(-c2ccc(Cl)c(Cl)c2)c2c1NCC2. The largest absolute Gasteiger partial charge is 0.369 e. The summed E-state index contributed by atoms with van der Waals surface area (Å²) >= 11 is 12.3. The van der Waals surface area contributed by atoms with Crippen LogP contribution in [0.4, 0.5) is 5.82 Å². The van der Waals surface area contributed by atoms with E-state index in [0.29, 0.717) is 10.0 Å². The van der Waals surface area contributed by atoms with Crippen molar-refractivity contribution in [3.63, 3.8) is 0 Å². The summed E-state index contributed by atoms with van der Waals surface area (Å²) in [5, 5.41) is 9.49. The maximum absolute atomic E-state index is 6.20. The molecule has 3 aromatic rings. The molecule has 5 heteroatoms. The fourth-order valence-electron chi connectivity index (χ4n) is 3.24. The molecular weight excluding hydrogens is 341 g/mol. The van der Waals surface area contributed by atoms with Crippen molar-refractivity contribution in [2.75, 3.05) is 11.9 Å². The van der Waals surface area contributed by atoms with Crippen molar-refractivity contribution in [2.24, 2.45) is 0 Å². The average molecular weight is 358 g/mol. The highest BCUT2D eigenvalue weighted by Gasteiger charge is 2.24. The van der Waals surface area contributed by atoms with E-state index in [9.17, 15) is 0 Å². The van der Waals surface area contributed by atoms with Crippen LogP contribution < -0.4 is 5.32 Å². The molecule has 0 radical (unpaired) electrons. The summed E-state index contributed by atoms with van der Waals surface area (Å²) in [7, 11) is 0. The molecule has 0 aliphatic carbocycles.